The van der Waals surface area contributed by atoms with Crippen molar-refractivity contribution in [2.45, 2.75) is 31.4 Å². The monoisotopic (exact) mass is 452 g/mol. The van der Waals surface area contributed by atoms with E-state index in [0.717, 1.165) is 28.1 Å². The SMILES string of the molecule is CC(C)N1C(=O)S/C(=C\c2ccc(SC3=Nc4cc(Cl)c(Cl)cc4C3)o2)C1=O. The normalized spacial score (nSPS) is 17.8. The summed E-state index contributed by atoms with van der Waals surface area (Å²) >= 11 is 14.4. The summed E-state index contributed by atoms with van der Waals surface area (Å²) in [5, 5.41) is 2.25. The minimum atomic E-state index is -0.292. The quantitative estimate of drug-likeness (QED) is 0.503. The Balaban J connectivity index is 1.48. The van der Waals surface area contributed by atoms with E-state index < -0.39 is 0 Å². The van der Waals surface area contributed by atoms with Crippen LogP contribution < -0.4 is 0 Å². The van der Waals surface area contributed by atoms with E-state index in [-0.39, 0.29) is 17.2 Å². The van der Waals surface area contributed by atoms with Crippen molar-refractivity contribution in [2.24, 2.45) is 4.99 Å². The number of thioether (sulfide) groups is 2. The summed E-state index contributed by atoms with van der Waals surface area (Å²) in [5.41, 5.74) is 1.83. The average Bonchev–Trinajstić information content (AvgIpc) is 3.27. The highest BCUT2D eigenvalue weighted by Crippen LogP contribution is 2.39. The molecule has 3 heterocycles. The Morgan fingerprint density at radius 1 is 1.25 bits per heavy atom. The van der Waals surface area contributed by atoms with Crippen LogP contribution in [-0.4, -0.2) is 27.1 Å². The van der Waals surface area contributed by atoms with Crippen molar-refractivity contribution in [3.05, 3.63) is 50.5 Å². The van der Waals surface area contributed by atoms with Crippen molar-refractivity contribution in [1.29, 1.82) is 0 Å². The number of imide groups is 1. The number of carbonyl (C=O) groups is 2. The summed E-state index contributed by atoms with van der Waals surface area (Å²) < 4.78 is 5.79. The van der Waals surface area contributed by atoms with Crippen LogP contribution in [0.2, 0.25) is 10.0 Å². The maximum absolute atomic E-state index is 12.4. The Morgan fingerprint density at radius 2 is 2.00 bits per heavy atom. The predicted molar refractivity (Wildman–Crippen MR) is 115 cm³/mol. The highest BCUT2D eigenvalue weighted by atomic mass is 35.5. The van der Waals surface area contributed by atoms with Crippen LogP contribution in [0.5, 0.6) is 0 Å². The van der Waals surface area contributed by atoms with Gasteiger partial charge in [0.1, 0.15) is 5.76 Å². The number of halogens is 2. The number of furan rings is 1. The first kappa shape index (κ1) is 19.6. The number of hydrogen-bond acceptors (Lipinski definition) is 6. The fourth-order valence-electron chi connectivity index (χ4n) is 2.86. The molecule has 2 aromatic rings. The molecule has 2 amide bonds. The van der Waals surface area contributed by atoms with Gasteiger partial charge in [0.2, 0.25) is 0 Å². The first-order valence-electron chi connectivity index (χ1n) is 8.42. The lowest BCUT2D eigenvalue weighted by Crippen LogP contribution is -2.34. The lowest BCUT2D eigenvalue weighted by molar-refractivity contribution is -0.123. The molecule has 0 bridgehead atoms. The maximum atomic E-state index is 12.4. The molecule has 28 heavy (non-hydrogen) atoms. The van der Waals surface area contributed by atoms with Gasteiger partial charge in [-0.1, -0.05) is 23.2 Å². The van der Waals surface area contributed by atoms with Crippen LogP contribution in [0.15, 0.2) is 43.7 Å². The Labute approximate surface area is 180 Å². The first-order chi connectivity index (χ1) is 13.3. The van der Waals surface area contributed by atoms with Gasteiger partial charge in [-0.15, -0.1) is 0 Å². The van der Waals surface area contributed by atoms with Gasteiger partial charge in [-0.3, -0.25) is 14.5 Å². The fourth-order valence-corrected chi connectivity index (χ4v) is 5.02. The number of rotatable bonds is 3. The van der Waals surface area contributed by atoms with Gasteiger partial charge in [-0.2, -0.15) is 0 Å². The van der Waals surface area contributed by atoms with Gasteiger partial charge in [-0.05, 0) is 67.2 Å². The molecular weight excluding hydrogens is 439 g/mol. The van der Waals surface area contributed by atoms with Gasteiger partial charge in [0.15, 0.2) is 5.09 Å². The molecule has 2 aliphatic rings. The lowest BCUT2D eigenvalue weighted by Gasteiger charge is -2.16. The van der Waals surface area contributed by atoms with E-state index in [9.17, 15) is 9.59 Å². The molecule has 0 radical (unpaired) electrons. The molecule has 4 rings (SSSR count). The van der Waals surface area contributed by atoms with Gasteiger partial charge >= 0.3 is 0 Å². The predicted octanol–water partition coefficient (Wildman–Crippen LogP) is 6.41. The molecule has 0 aliphatic carbocycles. The van der Waals surface area contributed by atoms with E-state index in [0.29, 0.717) is 32.2 Å². The molecule has 0 N–H and O–H groups in total. The zero-order valence-corrected chi connectivity index (χ0v) is 18.0. The summed E-state index contributed by atoms with van der Waals surface area (Å²) in [6.45, 7) is 3.61. The maximum Gasteiger partial charge on any atom is 0.293 e. The average molecular weight is 453 g/mol. The number of aliphatic imine (C=N–C) groups is 1. The second-order valence-corrected chi connectivity index (χ2v) is 9.37. The van der Waals surface area contributed by atoms with Crippen LogP contribution in [0.25, 0.3) is 6.08 Å². The largest absolute Gasteiger partial charge is 0.450 e. The van der Waals surface area contributed by atoms with Gasteiger partial charge in [0.05, 0.1) is 25.7 Å². The van der Waals surface area contributed by atoms with Crippen LogP contribution >= 0.6 is 46.7 Å². The number of amides is 2. The smallest absolute Gasteiger partial charge is 0.293 e. The van der Waals surface area contributed by atoms with Crippen LogP contribution in [0.4, 0.5) is 10.5 Å². The summed E-state index contributed by atoms with van der Waals surface area (Å²) in [6.07, 6.45) is 2.25. The van der Waals surface area contributed by atoms with Crippen LogP contribution in [0.3, 0.4) is 0 Å². The number of nitrogens with zero attached hydrogens (tertiary/aromatic N) is 2. The molecular formula is C19H14Cl2N2O3S2. The molecule has 5 nitrogen and oxygen atoms in total. The minimum absolute atomic E-state index is 0.176. The van der Waals surface area contributed by atoms with E-state index in [2.05, 4.69) is 4.99 Å². The molecule has 144 valence electrons. The number of carbonyl (C=O) groups excluding carboxylic acids is 2. The van der Waals surface area contributed by atoms with Crippen molar-refractivity contribution in [2.75, 3.05) is 0 Å². The van der Waals surface area contributed by atoms with Crippen molar-refractivity contribution in [3.8, 4) is 0 Å². The number of benzene rings is 1. The molecule has 0 atom stereocenters. The Bertz CT molecular complexity index is 1060. The summed E-state index contributed by atoms with van der Waals surface area (Å²) in [6, 6.07) is 6.99. The fraction of sp³-hybridized carbons (Fsp3) is 0.211. The molecule has 0 unspecified atom stereocenters. The summed E-state index contributed by atoms with van der Waals surface area (Å²) in [4.78, 5) is 30.5. The first-order valence-corrected chi connectivity index (χ1v) is 10.8. The number of hydrogen-bond donors (Lipinski definition) is 0. The summed E-state index contributed by atoms with van der Waals surface area (Å²) in [5.74, 6) is 0.221. The van der Waals surface area contributed by atoms with Gasteiger partial charge < -0.3 is 4.42 Å². The molecule has 0 saturated carbocycles. The topological polar surface area (TPSA) is 62.9 Å². The second kappa shape index (κ2) is 7.63. The number of fused-ring (bicyclic) bond motifs is 1. The molecule has 1 fully saturated rings. The van der Waals surface area contributed by atoms with E-state index >= 15 is 0 Å². The lowest BCUT2D eigenvalue weighted by atomic mass is 10.1. The Hall–Kier alpha value is -1.67. The van der Waals surface area contributed by atoms with Crippen LogP contribution in [0.1, 0.15) is 25.2 Å². The standard InChI is InChI=1S/C19H14Cl2N2O3S2/c1-9(2)23-18(24)15(27-19(23)25)7-11-3-4-17(26-11)28-16-6-10-5-12(20)13(21)8-14(10)22-16/h3-5,7-9H,6H2,1-2H3/b15-7-. The molecule has 1 aromatic carbocycles. The second-order valence-electron chi connectivity index (χ2n) is 6.48. The van der Waals surface area contributed by atoms with E-state index in [1.165, 1.54) is 16.7 Å². The molecule has 1 aromatic heterocycles. The minimum Gasteiger partial charge on any atom is -0.450 e. The highest BCUT2D eigenvalue weighted by molar-refractivity contribution is 8.18. The Morgan fingerprint density at radius 3 is 2.71 bits per heavy atom. The van der Waals surface area contributed by atoms with Crippen molar-refractivity contribution in [1.82, 2.24) is 4.90 Å². The van der Waals surface area contributed by atoms with Crippen LogP contribution in [-0.2, 0) is 11.2 Å². The van der Waals surface area contributed by atoms with E-state index in [1.54, 1.807) is 18.2 Å². The zero-order chi connectivity index (χ0) is 20.0. The summed E-state index contributed by atoms with van der Waals surface area (Å²) in [7, 11) is 0. The van der Waals surface area contributed by atoms with Gasteiger partial charge in [0, 0.05) is 18.5 Å². The Kier molecular flexibility index (Phi) is 5.35. The van der Waals surface area contributed by atoms with Gasteiger partial charge in [-0.25, -0.2) is 4.99 Å². The van der Waals surface area contributed by atoms with E-state index in [4.69, 9.17) is 27.6 Å². The third-order valence-electron chi connectivity index (χ3n) is 4.14. The molecule has 9 heteroatoms. The van der Waals surface area contributed by atoms with Crippen molar-refractivity contribution in [3.63, 3.8) is 0 Å². The highest BCUT2D eigenvalue weighted by Gasteiger charge is 2.36. The van der Waals surface area contributed by atoms with Crippen molar-refractivity contribution < 1.29 is 14.0 Å². The molecule has 0 spiro atoms. The van der Waals surface area contributed by atoms with Gasteiger partial charge in [0.25, 0.3) is 11.1 Å². The molecule has 1 saturated heterocycles. The van der Waals surface area contributed by atoms with Crippen LogP contribution in [0, 0.1) is 0 Å². The zero-order valence-electron chi connectivity index (χ0n) is 14.9. The van der Waals surface area contributed by atoms with E-state index in [1.807, 2.05) is 26.0 Å². The third-order valence-corrected chi connectivity index (χ3v) is 6.64. The molecule has 2 aliphatic heterocycles. The third kappa shape index (κ3) is 3.76. The van der Waals surface area contributed by atoms with Crippen molar-refractivity contribution >= 4 is 74.7 Å².